The van der Waals surface area contributed by atoms with Gasteiger partial charge < -0.3 is 9.84 Å². The fraction of sp³-hybridized carbons (Fsp3) is 0.889. The van der Waals surface area contributed by atoms with Crippen molar-refractivity contribution in [2.75, 3.05) is 13.2 Å². The Labute approximate surface area is 101 Å². The fourth-order valence-electron chi connectivity index (χ4n) is 1.71. The second-order valence-electron chi connectivity index (χ2n) is 4.15. The summed E-state index contributed by atoms with van der Waals surface area (Å²) in [5.41, 5.74) is 0. The molecule has 17 heavy (non-hydrogen) atoms. The number of carbonyl (C=O) groups is 1. The number of aliphatic hydroxyl groups excluding tert-OH is 1. The summed E-state index contributed by atoms with van der Waals surface area (Å²) >= 11 is 0. The third-order valence-electron chi connectivity index (χ3n) is 2.40. The van der Waals surface area contributed by atoms with E-state index in [4.69, 9.17) is 9.84 Å². The van der Waals surface area contributed by atoms with Crippen molar-refractivity contribution in [1.82, 2.24) is 9.03 Å². The van der Waals surface area contributed by atoms with Crippen molar-refractivity contribution in [3.8, 4) is 0 Å². The molecule has 0 aromatic heterocycles. The van der Waals surface area contributed by atoms with Crippen LogP contribution in [0.4, 0.5) is 4.79 Å². The minimum absolute atomic E-state index is 0.250. The van der Waals surface area contributed by atoms with Crippen LogP contribution in [0.2, 0.25) is 0 Å². The van der Waals surface area contributed by atoms with Crippen molar-refractivity contribution in [2.45, 2.75) is 38.8 Å². The fourth-order valence-corrected chi connectivity index (χ4v) is 3.02. The summed E-state index contributed by atoms with van der Waals surface area (Å²) in [6.45, 7) is 3.30. The highest BCUT2D eigenvalue weighted by Crippen LogP contribution is 2.19. The zero-order valence-corrected chi connectivity index (χ0v) is 10.7. The number of amides is 1. The molecule has 0 bridgehead atoms. The zero-order valence-electron chi connectivity index (χ0n) is 9.92. The van der Waals surface area contributed by atoms with Gasteiger partial charge in [0.05, 0.1) is 12.7 Å². The Morgan fingerprint density at radius 2 is 2.24 bits per heavy atom. The average Bonchev–Trinajstić information content (AvgIpc) is 2.62. The highest BCUT2D eigenvalue weighted by molar-refractivity contribution is 7.87. The third kappa shape index (κ3) is 3.83. The first-order valence-electron chi connectivity index (χ1n) is 5.48. The van der Waals surface area contributed by atoms with Gasteiger partial charge in [-0.15, -0.1) is 0 Å². The second kappa shape index (κ2) is 5.65. The summed E-state index contributed by atoms with van der Waals surface area (Å²) in [6.07, 6.45) is -0.122. The Morgan fingerprint density at radius 1 is 1.59 bits per heavy atom. The highest BCUT2D eigenvalue weighted by Gasteiger charge is 2.35. The number of nitrogens with zero attached hydrogens (tertiary/aromatic N) is 1. The number of rotatable bonds is 4. The minimum Gasteiger partial charge on any atom is -0.446 e. The van der Waals surface area contributed by atoms with Crippen LogP contribution in [-0.2, 0) is 14.9 Å². The number of nitrogens with one attached hydrogen (secondary N) is 1. The number of hydrogen-bond acceptors (Lipinski definition) is 5. The summed E-state index contributed by atoms with van der Waals surface area (Å²) in [4.78, 5) is 11.2. The van der Waals surface area contributed by atoms with E-state index in [-0.39, 0.29) is 6.61 Å². The van der Waals surface area contributed by atoms with Crippen LogP contribution in [0.1, 0.15) is 26.7 Å². The van der Waals surface area contributed by atoms with E-state index in [1.807, 2.05) is 4.72 Å². The Hall–Kier alpha value is -0.860. The van der Waals surface area contributed by atoms with Crippen molar-refractivity contribution in [3.63, 3.8) is 0 Å². The van der Waals surface area contributed by atoms with E-state index in [1.54, 1.807) is 13.8 Å². The van der Waals surface area contributed by atoms with Gasteiger partial charge in [-0.05, 0) is 26.7 Å². The van der Waals surface area contributed by atoms with Gasteiger partial charge in [0.25, 0.3) is 0 Å². The summed E-state index contributed by atoms with van der Waals surface area (Å²) in [6, 6.07) is -0.459. The van der Waals surface area contributed by atoms with Gasteiger partial charge in [-0.1, -0.05) is 0 Å². The quantitative estimate of drug-likeness (QED) is 0.736. The van der Waals surface area contributed by atoms with Crippen LogP contribution in [0.3, 0.4) is 0 Å². The van der Waals surface area contributed by atoms with Crippen molar-refractivity contribution >= 4 is 16.3 Å². The number of aliphatic hydroxyl groups is 1. The predicted molar refractivity (Wildman–Crippen MR) is 60.5 cm³/mol. The Kier molecular flexibility index (Phi) is 4.72. The maximum absolute atomic E-state index is 11.8. The van der Waals surface area contributed by atoms with Crippen LogP contribution in [0.15, 0.2) is 0 Å². The molecule has 100 valence electrons. The molecule has 0 unspecified atom stereocenters. The maximum atomic E-state index is 11.8. The number of carbonyl (C=O) groups excluding carboxylic acids is 1. The topological polar surface area (TPSA) is 95.9 Å². The molecule has 1 rings (SSSR count). The number of ether oxygens (including phenoxy) is 1. The molecule has 1 amide bonds. The van der Waals surface area contributed by atoms with Gasteiger partial charge in [0, 0.05) is 12.6 Å². The van der Waals surface area contributed by atoms with Crippen molar-refractivity contribution in [2.24, 2.45) is 0 Å². The van der Waals surface area contributed by atoms with Crippen LogP contribution >= 0.6 is 0 Å². The molecular formula is C9H18N2O5S. The molecular weight excluding hydrogens is 248 g/mol. The highest BCUT2D eigenvalue weighted by atomic mass is 32.2. The molecule has 2 N–H and O–H groups in total. The summed E-state index contributed by atoms with van der Waals surface area (Å²) in [7, 11) is -3.92. The van der Waals surface area contributed by atoms with Gasteiger partial charge in [0.2, 0.25) is 0 Å². The van der Waals surface area contributed by atoms with Crippen molar-refractivity contribution in [3.05, 3.63) is 0 Å². The lowest BCUT2D eigenvalue weighted by molar-refractivity contribution is 0.120. The van der Waals surface area contributed by atoms with Crippen molar-refractivity contribution in [1.29, 1.82) is 0 Å². The molecule has 7 nitrogen and oxygen atoms in total. The van der Waals surface area contributed by atoms with E-state index < -0.39 is 28.4 Å². The molecule has 0 aliphatic carbocycles. The van der Waals surface area contributed by atoms with Gasteiger partial charge >= 0.3 is 16.3 Å². The van der Waals surface area contributed by atoms with Crippen LogP contribution in [0, 0.1) is 0 Å². The normalized spacial score (nSPS) is 21.8. The average molecular weight is 266 g/mol. The lowest BCUT2D eigenvalue weighted by Gasteiger charge is -2.22. The van der Waals surface area contributed by atoms with Gasteiger partial charge in [0.1, 0.15) is 0 Å². The van der Waals surface area contributed by atoms with Crippen molar-refractivity contribution < 1.29 is 23.1 Å². The zero-order chi connectivity index (χ0) is 13.1. The number of hydrogen-bond donors (Lipinski definition) is 2. The van der Waals surface area contributed by atoms with Crippen LogP contribution in [0.25, 0.3) is 0 Å². The monoisotopic (exact) mass is 266 g/mol. The molecule has 0 saturated carbocycles. The molecule has 8 heteroatoms. The molecule has 0 spiro atoms. The maximum Gasteiger partial charge on any atom is 0.422 e. The second-order valence-corrected chi connectivity index (χ2v) is 5.77. The van der Waals surface area contributed by atoms with E-state index in [2.05, 4.69) is 0 Å². The van der Waals surface area contributed by atoms with E-state index in [0.717, 1.165) is 4.31 Å². The predicted octanol–water partition coefficient (Wildman–Crippen LogP) is -0.178. The Bertz CT molecular complexity index is 368. The molecule has 1 atom stereocenters. The van der Waals surface area contributed by atoms with Gasteiger partial charge in [-0.3, -0.25) is 0 Å². The molecule has 0 aromatic rings. The van der Waals surface area contributed by atoms with E-state index >= 15 is 0 Å². The van der Waals surface area contributed by atoms with E-state index in [1.165, 1.54) is 0 Å². The largest absolute Gasteiger partial charge is 0.446 e. The summed E-state index contributed by atoms with van der Waals surface area (Å²) in [5.74, 6) is 0. The molecule has 0 radical (unpaired) electrons. The van der Waals surface area contributed by atoms with E-state index in [0.29, 0.717) is 19.4 Å². The lowest BCUT2D eigenvalue weighted by Crippen LogP contribution is -2.47. The molecule has 1 fully saturated rings. The first-order chi connectivity index (χ1) is 7.86. The minimum atomic E-state index is -3.92. The van der Waals surface area contributed by atoms with Gasteiger partial charge in [-0.2, -0.15) is 12.7 Å². The first kappa shape index (κ1) is 14.2. The van der Waals surface area contributed by atoms with E-state index in [9.17, 15) is 13.2 Å². The molecule has 0 aromatic carbocycles. The van der Waals surface area contributed by atoms with Crippen LogP contribution in [0.5, 0.6) is 0 Å². The SMILES string of the molecule is CC(C)OC(=O)NS(=O)(=O)N1CCC[C@@H]1CO. The van der Waals surface area contributed by atoms with Gasteiger partial charge in [0.15, 0.2) is 0 Å². The van der Waals surface area contributed by atoms with Gasteiger partial charge in [-0.25, -0.2) is 9.52 Å². The first-order valence-corrected chi connectivity index (χ1v) is 6.92. The molecule has 1 aliphatic heterocycles. The molecule has 1 saturated heterocycles. The Balaban J connectivity index is 2.65. The lowest BCUT2D eigenvalue weighted by atomic mass is 10.2. The summed E-state index contributed by atoms with van der Waals surface area (Å²) < 4.78 is 31.2. The Morgan fingerprint density at radius 3 is 2.76 bits per heavy atom. The van der Waals surface area contributed by atoms with Crippen LogP contribution in [-0.4, -0.2) is 49.2 Å². The molecule has 1 aliphatic rings. The summed E-state index contributed by atoms with van der Waals surface area (Å²) in [5, 5.41) is 9.03. The smallest absolute Gasteiger partial charge is 0.422 e. The standard InChI is InChI=1S/C9H18N2O5S/c1-7(2)16-9(13)10-17(14,15)11-5-3-4-8(11)6-12/h7-8,12H,3-6H2,1-2H3,(H,10,13)/t8-/m1/s1. The van der Waals surface area contributed by atoms with Crippen LogP contribution < -0.4 is 4.72 Å². The third-order valence-corrected chi connectivity index (χ3v) is 3.92. The molecule has 1 heterocycles.